The third-order valence-electron chi connectivity index (χ3n) is 2.84. The maximum absolute atomic E-state index is 12.1. The summed E-state index contributed by atoms with van der Waals surface area (Å²) in [6.45, 7) is 3.83. The van der Waals surface area contributed by atoms with E-state index in [9.17, 15) is 4.79 Å². The number of hydrogen-bond donors (Lipinski definition) is 2. The Hall–Kier alpha value is -2.30. The van der Waals surface area contributed by atoms with Crippen molar-refractivity contribution in [2.45, 2.75) is 26.3 Å². The lowest BCUT2D eigenvalue weighted by atomic mass is 10.1. The van der Waals surface area contributed by atoms with Crippen LogP contribution in [-0.4, -0.2) is 10.9 Å². The summed E-state index contributed by atoms with van der Waals surface area (Å²) in [6.07, 6.45) is 2.32. The SMILES string of the molecule is CCc1cc(C(=O)NC(C)c2ccco2)cc(N)n1. The second kappa shape index (κ2) is 5.56. The predicted octanol–water partition coefficient (Wildman–Crippen LogP) is 2.31. The standard InChI is InChI=1S/C14H17N3O2/c1-3-11-7-10(8-13(15)17-11)14(18)16-9(2)12-5-4-6-19-12/h4-9H,3H2,1-2H3,(H2,15,17)(H,16,18). The summed E-state index contributed by atoms with van der Waals surface area (Å²) in [4.78, 5) is 16.3. The van der Waals surface area contributed by atoms with E-state index in [1.165, 1.54) is 0 Å². The van der Waals surface area contributed by atoms with Crippen LogP contribution in [0, 0.1) is 0 Å². The molecule has 0 bridgehead atoms. The Labute approximate surface area is 111 Å². The van der Waals surface area contributed by atoms with Crippen LogP contribution in [0.1, 0.15) is 41.7 Å². The van der Waals surface area contributed by atoms with Gasteiger partial charge >= 0.3 is 0 Å². The lowest BCUT2D eigenvalue weighted by Crippen LogP contribution is -2.26. The number of rotatable bonds is 4. The van der Waals surface area contributed by atoms with Crippen LogP contribution in [0.3, 0.4) is 0 Å². The molecule has 5 nitrogen and oxygen atoms in total. The fourth-order valence-corrected chi connectivity index (χ4v) is 1.81. The molecule has 0 fully saturated rings. The monoisotopic (exact) mass is 259 g/mol. The second-order valence-electron chi connectivity index (χ2n) is 4.34. The molecule has 2 aromatic heterocycles. The molecule has 0 spiro atoms. The summed E-state index contributed by atoms with van der Waals surface area (Å²) in [6, 6.07) is 6.74. The fourth-order valence-electron chi connectivity index (χ4n) is 1.81. The minimum Gasteiger partial charge on any atom is -0.467 e. The van der Waals surface area contributed by atoms with Crippen molar-refractivity contribution in [2.75, 3.05) is 5.73 Å². The van der Waals surface area contributed by atoms with Gasteiger partial charge in [0.2, 0.25) is 0 Å². The highest BCUT2D eigenvalue weighted by atomic mass is 16.3. The van der Waals surface area contributed by atoms with Crippen molar-refractivity contribution in [3.05, 3.63) is 47.5 Å². The van der Waals surface area contributed by atoms with Gasteiger partial charge in [-0.15, -0.1) is 0 Å². The smallest absolute Gasteiger partial charge is 0.252 e. The molecule has 1 unspecified atom stereocenters. The zero-order chi connectivity index (χ0) is 13.8. The first-order valence-electron chi connectivity index (χ1n) is 6.21. The van der Waals surface area contributed by atoms with Crippen molar-refractivity contribution < 1.29 is 9.21 Å². The van der Waals surface area contributed by atoms with Crippen LogP contribution in [0.15, 0.2) is 34.9 Å². The van der Waals surface area contributed by atoms with E-state index in [2.05, 4.69) is 10.3 Å². The summed E-state index contributed by atoms with van der Waals surface area (Å²) in [5.74, 6) is 0.883. The summed E-state index contributed by atoms with van der Waals surface area (Å²) in [5, 5.41) is 2.86. The maximum atomic E-state index is 12.1. The molecule has 1 atom stereocenters. The summed E-state index contributed by atoms with van der Waals surface area (Å²) in [7, 11) is 0. The third-order valence-corrected chi connectivity index (χ3v) is 2.84. The van der Waals surface area contributed by atoms with E-state index in [1.807, 2.05) is 19.9 Å². The van der Waals surface area contributed by atoms with Gasteiger partial charge in [0.1, 0.15) is 11.6 Å². The lowest BCUT2D eigenvalue weighted by Gasteiger charge is -2.12. The van der Waals surface area contributed by atoms with Gasteiger partial charge in [-0.1, -0.05) is 6.92 Å². The van der Waals surface area contributed by atoms with E-state index in [-0.39, 0.29) is 11.9 Å². The Kier molecular flexibility index (Phi) is 3.85. The van der Waals surface area contributed by atoms with Crippen LogP contribution in [0.25, 0.3) is 0 Å². The first-order chi connectivity index (χ1) is 9.10. The number of aryl methyl sites for hydroxylation is 1. The largest absolute Gasteiger partial charge is 0.467 e. The fraction of sp³-hybridized carbons (Fsp3) is 0.286. The number of pyridine rings is 1. The van der Waals surface area contributed by atoms with Gasteiger partial charge in [0.25, 0.3) is 5.91 Å². The topological polar surface area (TPSA) is 81.2 Å². The third kappa shape index (κ3) is 3.13. The molecule has 0 aliphatic heterocycles. The zero-order valence-electron chi connectivity index (χ0n) is 11.0. The highest BCUT2D eigenvalue weighted by Gasteiger charge is 2.14. The molecule has 100 valence electrons. The Morgan fingerprint density at radius 1 is 1.53 bits per heavy atom. The van der Waals surface area contributed by atoms with Crippen LogP contribution in [0.2, 0.25) is 0 Å². The number of nitrogens with one attached hydrogen (secondary N) is 1. The minimum atomic E-state index is -0.193. The van der Waals surface area contributed by atoms with Crippen LogP contribution in [0.4, 0.5) is 5.82 Å². The molecule has 1 amide bonds. The number of furan rings is 1. The maximum Gasteiger partial charge on any atom is 0.252 e. The van der Waals surface area contributed by atoms with Crippen molar-refractivity contribution in [3.63, 3.8) is 0 Å². The van der Waals surface area contributed by atoms with Crippen molar-refractivity contribution in [1.82, 2.24) is 10.3 Å². The molecule has 2 aromatic rings. The molecular formula is C14H17N3O2. The van der Waals surface area contributed by atoms with Gasteiger partial charge in [-0.3, -0.25) is 4.79 Å². The number of nitrogens with two attached hydrogens (primary N) is 1. The molecule has 2 rings (SSSR count). The number of nitrogen functional groups attached to an aromatic ring is 1. The van der Waals surface area contributed by atoms with Gasteiger partial charge in [-0.25, -0.2) is 4.98 Å². The van der Waals surface area contributed by atoms with E-state index in [0.29, 0.717) is 17.1 Å². The minimum absolute atomic E-state index is 0.187. The summed E-state index contributed by atoms with van der Waals surface area (Å²) >= 11 is 0. The molecule has 0 aliphatic carbocycles. The average molecular weight is 259 g/mol. The summed E-state index contributed by atoms with van der Waals surface area (Å²) < 4.78 is 5.25. The molecule has 0 radical (unpaired) electrons. The van der Waals surface area contributed by atoms with Gasteiger partial charge in [0.15, 0.2) is 0 Å². The number of amides is 1. The molecule has 0 saturated carbocycles. The van der Waals surface area contributed by atoms with Crippen LogP contribution < -0.4 is 11.1 Å². The van der Waals surface area contributed by atoms with E-state index >= 15 is 0 Å². The van der Waals surface area contributed by atoms with Crippen molar-refractivity contribution in [1.29, 1.82) is 0 Å². The Morgan fingerprint density at radius 2 is 2.32 bits per heavy atom. The van der Waals surface area contributed by atoms with Gasteiger partial charge in [0, 0.05) is 11.3 Å². The molecule has 2 heterocycles. The normalized spacial score (nSPS) is 12.1. The van der Waals surface area contributed by atoms with Crippen LogP contribution in [-0.2, 0) is 6.42 Å². The van der Waals surface area contributed by atoms with E-state index < -0.39 is 0 Å². The summed E-state index contributed by atoms with van der Waals surface area (Å²) in [5.41, 5.74) is 7.01. The number of nitrogens with zero attached hydrogens (tertiary/aromatic N) is 1. The van der Waals surface area contributed by atoms with Gasteiger partial charge in [-0.2, -0.15) is 0 Å². The highest BCUT2D eigenvalue weighted by molar-refractivity contribution is 5.95. The molecule has 19 heavy (non-hydrogen) atoms. The number of carbonyl (C=O) groups is 1. The number of carbonyl (C=O) groups excluding carboxylic acids is 1. The second-order valence-corrected chi connectivity index (χ2v) is 4.34. The number of anilines is 1. The zero-order valence-corrected chi connectivity index (χ0v) is 11.0. The number of hydrogen-bond acceptors (Lipinski definition) is 4. The first kappa shape index (κ1) is 13.1. The van der Waals surface area contributed by atoms with Crippen LogP contribution >= 0.6 is 0 Å². The van der Waals surface area contributed by atoms with Gasteiger partial charge in [0.05, 0.1) is 12.3 Å². The molecule has 5 heteroatoms. The van der Waals surface area contributed by atoms with Crippen molar-refractivity contribution in [2.24, 2.45) is 0 Å². The highest BCUT2D eigenvalue weighted by Crippen LogP contribution is 2.14. The Morgan fingerprint density at radius 3 is 2.95 bits per heavy atom. The molecule has 0 saturated heterocycles. The predicted molar refractivity (Wildman–Crippen MR) is 72.6 cm³/mol. The molecular weight excluding hydrogens is 242 g/mol. The molecule has 0 aromatic carbocycles. The van der Waals surface area contributed by atoms with Crippen molar-refractivity contribution >= 4 is 11.7 Å². The van der Waals surface area contributed by atoms with Gasteiger partial charge < -0.3 is 15.5 Å². The lowest BCUT2D eigenvalue weighted by molar-refractivity contribution is 0.0935. The number of aromatic nitrogens is 1. The van der Waals surface area contributed by atoms with Crippen LogP contribution in [0.5, 0.6) is 0 Å². The first-order valence-corrected chi connectivity index (χ1v) is 6.21. The molecule has 0 aliphatic rings. The Balaban J connectivity index is 2.13. The van der Waals surface area contributed by atoms with E-state index in [4.69, 9.17) is 10.2 Å². The Bertz CT molecular complexity index is 564. The average Bonchev–Trinajstić information content (AvgIpc) is 2.91. The van der Waals surface area contributed by atoms with Gasteiger partial charge in [-0.05, 0) is 37.6 Å². The quantitative estimate of drug-likeness (QED) is 0.882. The van der Waals surface area contributed by atoms with E-state index in [1.54, 1.807) is 24.5 Å². The van der Waals surface area contributed by atoms with Crippen molar-refractivity contribution in [3.8, 4) is 0 Å². The molecule has 3 N–H and O–H groups in total. The van der Waals surface area contributed by atoms with E-state index in [0.717, 1.165) is 12.1 Å².